The molecular weight excluding hydrogens is 272 g/mol. The first-order valence-electron chi connectivity index (χ1n) is 6.48. The van der Waals surface area contributed by atoms with E-state index in [4.69, 9.17) is 5.26 Å². The minimum Gasteiger partial charge on any atom is -0.323 e. The zero-order chi connectivity index (χ0) is 14.8. The molecule has 3 aromatic rings. The lowest BCUT2D eigenvalue weighted by molar-refractivity contribution is 0.510. The van der Waals surface area contributed by atoms with Crippen LogP contribution < -0.4 is 0 Å². The second-order valence-electron chi connectivity index (χ2n) is 4.62. The molecule has 0 saturated carbocycles. The predicted octanol–water partition coefficient (Wildman–Crippen LogP) is 3.90. The van der Waals surface area contributed by atoms with Crippen LogP contribution in [0.4, 0.5) is 8.78 Å². The smallest absolute Gasteiger partial charge is 0.161 e. The van der Waals surface area contributed by atoms with E-state index in [-0.39, 0.29) is 6.42 Å². The Hall–Kier alpha value is -2.74. The Kier molecular flexibility index (Phi) is 3.36. The van der Waals surface area contributed by atoms with Crippen LogP contribution >= 0.6 is 0 Å². The van der Waals surface area contributed by atoms with E-state index in [0.717, 1.165) is 17.7 Å². The molecule has 0 atom stereocenters. The van der Waals surface area contributed by atoms with Gasteiger partial charge < -0.3 is 4.57 Å². The minimum atomic E-state index is -0.924. The fraction of sp³-hybridized carbons (Fsp3) is 0.125. The van der Waals surface area contributed by atoms with Crippen molar-refractivity contribution in [2.45, 2.75) is 13.0 Å². The predicted molar refractivity (Wildman–Crippen MR) is 75.3 cm³/mol. The highest BCUT2D eigenvalue weighted by Crippen LogP contribution is 2.26. The van der Waals surface area contributed by atoms with Crippen LogP contribution in [0.3, 0.4) is 0 Å². The van der Waals surface area contributed by atoms with Crippen LogP contribution in [0, 0.1) is 23.0 Å². The number of nitrogens with zero attached hydrogens (tertiary/aromatic N) is 3. The van der Waals surface area contributed by atoms with Crippen molar-refractivity contribution in [1.82, 2.24) is 9.55 Å². The maximum Gasteiger partial charge on any atom is 0.161 e. The van der Waals surface area contributed by atoms with Crippen molar-refractivity contribution in [3.63, 3.8) is 0 Å². The van der Waals surface area contributed by atoms with Gasteiger partial charge in [0.15, 0.2) is 11.6 Å². The van der Waals surface area contributed by atoms with Gasteiger partial charge in [-0.05, 0) is 0 Å². The van der Waals surface area contributed by atoms with E-state index in [9.17, 15) is 8.78 Å². The molecule has 0 bridgehead atoms. The molecule has 0 radical (unpaired) electrons. The van der Waals surface area contributed by atoms with Crippen LogP contribution in [0.15, 0.2) is 42.5 Å². The minimum absolute atomic E-state index is 0.268. The Bertz CT molecular complexity index is 832. The lowest BCUT2D eigenvalue weighted by atomic mass is 10.2. The van der Waals surface area contributed by atoms with Crippen molar-refractivity contribution >= 4 is 11.0 Å². The third-order valence-corrected chi connectivity index (χ3v) is 3.27. The number of hydrogen-bond acceptors (Lipinski definition) is 2. The van der Waals surface area contributed by atoms with Gasteiger partial charge in [0.2, 0.25) is 0 Å². The Balaban J connectivity index is 2.25. The van der Waals surface area contributed by atoms with E-state index in [2.05, 4.69) is 11.1 Å². The molecule has 3 rings (SSSR count). The number of hydrogen-bond donors (Lipinski definition) is 0. The fourth-order valence-corrected chi connectivity index (χ4v) is 2.32. The molecule has 3 nitrogen and oxygen atoms in total. The molecule has 0 N–H and O–H groups in total. The molecule has 21 heavy (non-hydrogen) atoms. The summed E-state index contributed by atoms with van der Waals surface area (Å²) in [5.74, 6) is -1.24. The molecule has 104 valence electrons. The summed E-state index contributed by atoms with van der Waals surface area (Å²) < 4.78 is 28.6. The van der Waals surface area contributed by atoms with Gasteiger partial charge >= 0.3 is 0 Å². The van der Waals surface area contributed by atoms with Crippen LogP contribution in [0.1, 0.15) is 6.42 Å². The van der Waals surface area contributed by atoms with Crippen molar-refractivity contribution in [2.24, 2.45) is 0 Å². The first-order chi connectivity index (χ1) is 10.2. The third-order valence-electron chi connectivity index (χ3n) is 3.27. The van der Waals surface area contributed by atoms with Gasteiger partial charge in [-0.2, -0.15) is 5.26 Å². The third kappa shape index (κ3) is 2.36. The number of nitriles is 1. The number of aryl methyl sites for hydroxylation is 1. The number of aromatic nitrogens is 2. The molecule has 1 heterocycles. The molecule has 0 amide bonds. The molecule has 0 aliphatic carbocycles. The number of fused-ring (bicyclic) bond motifs is 1. The zero-order valence-corrected chi connectivity index (χ0v) is 11.1. The van der Waals surface area contributed by atoms with E-state index in [1.54, 1.807) is 4.57 Å². The van der Waals surface area contributed by atoms with Crippen molar-refractivity contribution in [1.29, 1.82) is 5.26 Å². The summed E-state index contributed by atoms with van der Waals surface area (Å²) in [5, 5.41) is 8.78. The number of imidazole rings is 1. The second kappa shape index (κ2) is 5.33. The van der Waals surface area contributed by atoms with E-state index < -0.39 is 11.6 Å². The summed E-state index contributed by atoms with van der Waals surface area (Å²) in [6.07, 6.45) is 0.268. The molecule has 0 aliphatic heterocycles. The number of benzene rings is 2. The first kappa shape index (κ1) is 13.3. The van der Waals surface area contributed by atoms with Gasteiger partial charge in [0.1, 0.15) is 5.82 Å². The lowest BCUT2D eigenvalue weighted by Crippen LogP contribution is -2.00. The monoisotopic (exact) mass is 283 g/mol. The summed E-state index contributed by atoms with van der Waals surface area (Å²) in [5.41, 5.74) is 1.71. The summed E-state index contributed by atoms with van der Waals surface area (Å²) in [4.78, 5) is 4.38. The van der Waals surface area contributed by atoms with Crippen LogP contribution in [0.2, 0.25) is 0 Å². The zero-order valence-electron chi connectivity index (χ0n) is 11.1. The van der Waals surface area contributed by atoms with Crippen LogP contribution in [-0.4, -0.2) is 9.55 Å². The van der Waals surface area contributed by atoms with Gasteiger partial charge in [-0.15, -0.1) is 0 Å². The van der Waals surface area contributed by atoms with Gasteiger partial charge in [-0.25, -0.2) is 13.8 Å². The molecule has 0 unspecified atom stereocenters. The molecule has 1 aromatic heterocycles. The topological polar surface area (TPSA) is 41.6 Å². The highest BCUT2D eigenvalue weighted by atomic mass is 19.2. The van der Waals surface area contributed by atoms with E-state index >= 15 is 0 Å². The molecule has 0 fully saturated rings. The standard InChI is InChI=1S/C16H11F2N3/c17-12-9-14-15(10-13(12)18)21(8-4-7-19)16(20-14)11-5-2-1-3-6-11/h1-3,5-6,9-10H,4,8H2. The second-order valence-corrected chi connectivity index (χ2v) is 4.62. The van der Waals surface area contributed by atoms with Crippen LogP contribution in [-0.2, 0) is 6.54 Å². The fourth-order valence-electron chi connectivity index (χ4n) is 2.32. The summed E-state index contributed by atoms with van der Waals surface area (Å²) >= 11 is 0. The van der Waals surface area contributed by atoms with Gasteiger partial charge in [0.05, 0.1) is 23.5 Å². The Morgan fingerprint density at radius 3 is 2.52 bits per heavy atom. The lowest BCUT2D eigenvalue weighted by Gasteiger charge is -2.07. The van der Waals surface area contributed by atoms with Gasteiger partial charge in [-0.3, -0.25) is 0 Å². The van der Waals surface area contributed by atoms with Crippen molar-refractivity contribution in [3.8, 4) is 17.5 Å². The normalized spacial score (nSPS) is 10.7. The molecule has 0 saturated heterocycles. The highest BCUT2D eigenvalue weighted by molar-refractivity contribution is 5.80. The maximum absolute atomic E-state index is 13.5. The molecule has 0 spiro atoms. The summed E-state index contributed by atoms with van der Waals surface area (Å²) in [6.45, 7) is 0.377. The first-order valence-corrected chi connectivity index (χ1v) is 6.48. The van der Waals surface area contributed by atoms with Crippen molar-refractivity contribution in [3.05, 3.63) is 54.1 Å². The summed E-state index contributed by atoms with van der Waals surface area (Å²) in [7, 11) is 0. The quantitative estimate of drug-likeness (QED) is 0.731. The highest BCUT2D eigenvalue weighted by Gasteiger charge is 2.15. The maximum atomic E-state index is 13.5. The molecular formula is C16H11F2N3. The number of halogens is 2. The molecule has 5 heteroatoms. The van der Waals surface area contributed by atoms with Crippen molar-refractivity contribution in [2.75, 3.05) is 0 Å². The van der Waals surface area contributed by atoms with E-state index in [1.165, 1.54) is 0 Å². The SMILES string of the molecule is N#CCCn1c(-c2ccccc2)nc2cc(F)c(F)cc21. The Morgan fingerprint density at radius 2 is 1.81 bits per heavy atom. The van der Waals surface area contributed by atoms with Gasteiger partial charge in [0, 0.05) is 24.2 Å². The van der Waals surface area contributed by atoms with E-state index in [1.807, 2.05) is 30.3 Å². The average Bonchev–Trinajstić information content (AvgIpc) is 2.84. The van der Waals surface area contributed by atoms with Crippen LogP contribution in [0.25, 0.3) is 22.4 Å². The van der Waals surface area contributed by atoms with Crippen molar-refractivity contribution < 1.29 is 8.78 Å². The Morgan fingerprint density at radius 1 is 1.10 bits per heavy atom. The van der Waals surface area contributed by atoms with Gasteiger partial charge in [0.25, 0.3) is 0 Å². The molecule has 2 aromatic carbocycles. The average molecular weight is 283 g/mol. The van der Waals surface area contributed by atoms with E-state index in [0.29, 0.717) is 23.4 Å². The van der Waals surface area contributed by atoms with Crippen LogP contribution in [0.5, 0.6) is 0 Å². The largest absolute Gasteiger partial charge is 0.323 e. The Labute approximate surface area is 120 Å². The van der Waals surface area contributed by atoms with Gasteiger partial charge in [-0.1, -0.05) is 30.3 Å². The summed E-state index contributed by atoms with van der Waals surface area (Å²) in [6, 6.07) is 13.6. The molecule has 0 aliphatic rings. The number of rotatable bonds is 3.